The molecule has 1 aromatic heterocycles. The van der Waals surface area contributed by atoms with Gasteiger partial charge in [0, 0.05) is 24.7 Å². The van der Waals surface area contributed by atoms with E-state index in [1.165, 1.54) is 0 Å². The fourth-order valence-corrected chi connectivity index (χ4v) is 1.65. The van der Waals surface area contributed by atoms with Crippen molar-refractivity contribution in [1.29, 1.82) is 0 Å². The Bertz CT molecular complexity index is 394. The van der Waals surface area contributed by atoms with Crippen molar-refractivity contribution in [3.05, 3.63) is 23.4 Å². The summed E-state index contributed by atoms with van der Waals surface area (Å²) >= 11 is 0. The van der Waals surface area contributed by atoms with Crippen molar-refractivity contribution in [1.82, 2.24) is 4.98 Å². The van der Waals surface area contributed by atoms with Crippen LogP contribution in [-0.2, 0) is 13.0 Å². The fourth-order valence-electron chi connectivity index (χ4n) is 1.65. The lowest BCUT2D eigenvalue weighted by Crippen LogP contribution is -2.10. The van der Waals surface area contributed by atoms with E-state index in [-0.39, 0.29) is 13.0 Å². The molecule has 0 aliphatic rings. The molecule has 108 valence electrons. The highest BCUT2D eigenvalue weighted by Crippen LogP contribution is 2.21. The quantitative estimate of drug-likeness (QED) is 0.778. The van der Waals surface area contributed by atoms with Gasteiger partial charge in [-0.1, -0.05) is 13.3 Å². The largest absolute Gasteiger partial charge is 0.478 e. The summed E-state index contributed by atoms with van der Waals surface area (Å²) in [6, 6.07) is 3.57. The maximum atomic E-state index is 12.0. The van der Waals surface area contributed by atoms with Gasteiger partial charge >= 0.3 is 6.18 Å². The summed E-state index contributed by atoms with van der Waals surface area (Å²) in [4.78, 5) is 4.25. The summed E-state index contributed by atoms with van der Waals surface area (Å²) in [5, 5.41) is 0. The monoisotopic (exact) mass is 276 g/mol. The molecule has 0 aliphatic carbocycles. The van der Waals surface area contributed by atoms with Crippen LogP contribution in [0.1, 0.15) is 37.4 Å². The molecule has 19 heavy (non-hydrogen) atoms. The highest BCUT2D eigenvalue weighted by molar-refractivity contribution is 5.25. The highest BCUT2D eigenvalue weighted by Gasteiger charge is 2.26. The molecule has 0 atom stereocenters. The summed E-state index contributed by atoms with van der Waals surface area (Å²) in [6.45, 7) is 2.39. The minimum absolute atomic E-state index is 0.00605. The zero-order valence-electron chi connectivity index (χ0n) is 11.0. The minimum atomic E-state index is -4.14. The van der Waals surface area contributed by atoms with Crippen LogP contribution in [0, 0.1) is 0 Å². The molecule has 0 saturated carbocycles. The Labute approximate surface area is 111 Å². The molecule has 0 unspecified atom stereocenters. The minimum Gasteiger partial charge on any atom is -0.478 e. The molecule has 0 spiro atoms. The molecule has 0 radical (unpaired) electrons. The van der Waals surface area contributed by atoms with E-state index in [9.17, 15) is 13.2 Å². The van der Waals surface area contributed by atoms with E-state index in [2.05, 4.69) is 4.98 Å². The molecule has 0 aromatic carbocycles. The SMILES string of the molecule is CCCc1cc(CN)cc(OCCCC(F)(F)F)n1. The van der Waals surface area contributed by atoms with E-state index in [0.29, 0.717) is 12.4 Å². The Morgan fingerprint density at radius 1 is 1.32 bits per heavy atom. The second kappa shape index (κ2) is 7.33. The third kappa shape index (κ3) is 6.42. The topological polar surface area (TPSA) is 48.1 Å². The van der Waals surface area contributed by atoms with Gasteiger partial charge < -0.3 is 10.5 Å². The number of ether oxygens (including phenoxy) is 1. The lowest BCUT2D eigenvalue weighted by molar-refractivity contribution is -0.136. The first-order valence-corrected chi connectivity index (χ1v) is 6.34. The lowest BCUT2D eigenvalue weighted by atomic mass is 10.1. The van der Waals surface area contributed by atoms with Gasteiger partial charge in [-0.15, -0.1) is 0 Å². The normalized spacial score (nSPS) is 11.6. The van der Waals surface area contributed by atoms with Gasteiger partial charge in [0.2, 0.25) is 5.88 Å². The molecule has 0 saturated heterocycles. The third-order valence-corrected chi connectivity index (χ3v) is 2.51. The molecule has 0 aliphatic heterocycles. The maximum Gasteiger partial charge on any atom is 0.389 e. The number of pyridine rings is 1. The van der Waals surface area contributed by atoms with Crippen LogP contribution in [0.15, 0.2) is 12.1 Å². The molecule has 0 bridgehead atoms. The molecule has 0 fully saturated rings. The molecule has 6 heteroatoms. The summed E-state index contributed by atoms with van der Waals surface area (Å²) in [7, 11) is 0. The van der Waals surface area contributed by atoms with E-state index in [0.717, 1.165) is 24.1 Å². The van der Waals surface area contributed by atoms with Gasteiger partial charge in [-0.25, -0.2) is 4.98 Å². The smallest absolute Gasteiger partial charge is 0.389 e. The van der Waals surface area contributed by atoms with Crippen molar-refractivity contribution in [3.8, 4) is 5.88 Å². The first-order valence-electron chi connectivity index (χ1n) is 6.34. The first kappa shape index (κ1) is 15.8. The van der Waals surface area contributed by atoms with E-state index >= 15 is 0 Å². The van der Waals surface area contributed by atoms with Crippen molar-refractivity contribution in [3.63, 3.8) is 0 Å². The Kier molecular flexibility index (Phi) is 6.08. The number of nitrogens with two attached hydrogens (primary N) is 1. The second-order valence-electron chi connectivity index (χ2n) is 4.33. The van der Waals surface area contributed by atoms with Crippen molar-refractivity contribution in [2.24, 2.45) is 5.73 Å². The number of alkyl halides is 3. The average molecular weight is 276 g/mol. The second-order valence-corrected chi connectivity index (χ2v) is 4.33. The van der Waals surface area contributed by atoms with E-state index in [1.54, 1.807) is 6.07 Å². The van der Waals surface area contributed by atoms with Gasteiger partial charge in [0.15, 0.2) is 0 Å². The van der Waals surface area contributed by atoms with E-state index in [4.69, 9.17) is 10.5 Å². The Morgan fingerprint density at radius 2 is 2.05 bits per heavy atom. The van der Waals surface area contributed by atoms with Gasteiger partial charge in [0.25, 0.3) is 0 Å². The van der Waals surface area contributed by atoms with Crippen molar-refractivity contribution in [2.75, 3.05) is 6.61 Å². The Hall–Kier alpha value is -1.30. The first-order chi connectivity index (χ1) is 8.94. The number of nitrogens with zero attached hydrogens (tertiary/aromatic N) is 1. The molecule has 3 nitrogen and oxygen atoms in total. The number of aromatic nitrogens is 1. The van der Waals surface area contributed by atoms with Crippen LogP contribution >= 0.6 is 0 Å². The number of hydrogen-bond donors (Lipinski definition) is 1. The van der Waals surface area contributed by atoms with Crippen molar-refractivity contribution >= 4 is 0 Å². The Balaban J connectivity index is 2.54. The number of aryl methyl sites for hydroxylation is 1. The van der Waals surface area contributed by atoms with E-state index in [1.807, 2.05) is 13.0 Å². The van der Waals surface area contributed by atoms with E-state index < -0.39 is 12.6 Å². The number of rotatable bonds is 7. The molecule has 1 aromatic rings. The van der Waals surface area contributed by atoms with Crippen LogP contribution in [0.5, 0.6) is 5.88 Å². The molecule has 1 rings (SSSR count). The number of halogens is 3. The van der Waals surface area contributed by atoms with Crippen LogP contribution < -0.4 is 10.5 Å². The van der Waals surface area contributed by atoms with Gasteiger partial charge in [-0.3, -0.25) is 0 Å². The van der Waals surface area contributed by atoms with Crippen LogP contribution in [-0.4, -0.2) is 17.8 Å². The highest BCUT2D eigenvalue weighted by atomic mass is 19.4. The predicted molar refractivity (Wildman–Crippen MR) is 66.9 cm³/mol. The van der Waals surface area contributed by atoms with Gasteiger partial charge in [0.1, 0.15) is 0 Å². The fraction of sp³-hybridized carbons (Fsp3) is 0.615. The molecule has 2 N–H and O–H groups in total. The van der Waals surface area contributed by atoms with Crippen LogP contribution in [0.4, 0.5) is 13.2 Å². The van der Waals surface area contributed by atoms with Gasteiger partial charge in [-0.05, 0) is 24.5 Å². The zero-order valence-corrected chi connectivity index (χ0v) is 11.0. The molecular weight excluding hydrogens is 257 g/mol. The standard InChI is InChI=1S/C13H19F3N2O/c1-2-4-11-7-10(9-17)8-12(18-11)19-6-3-5-13(14,15)16/h7-8H,2-6,9,17H2,1H3. The van der Waals surface area contributed by atoms with Crippen molar-refractivity contribution in [2.45, 2.75) is 45.3 Å². The summed E-state index contributed by atoms with van der Waals surface area (Å²) in [6.07, 6.45) is -3.31. The lowest BCUT2D eigenvalue weighted by Gasteiger charge is -2.10. The number of hydrogen-bond acceptors (Lipinski definition) is 3. The van der Waals surface area contributed by atoms with Crippen LogP contribution in [0.3, 0.4) is 0 Å². The maximum absolute atomic E-state index is 12.0. The zero-order chi connectivity index (χ0) is 14.3. The molecule has 0 amide bonds. The van der Waals surface area contributed by atoms with Crippen LogP contribution in [0.25, 0.3) is 0 Å². The summed E-state index contributed by atoms with van der Waals surface area (Å²) in [5.74, 6) is 0.355. The third-order valence-electron chi connectivity index (χ3n) is 2.51. The van der Waals surface area contributed by atoms with Crippen LogP contribution in [0.2, 0.25) is 0 Å². The summed E-state index contributed by atoms with van der Waals surface area (Å²) in [5.41, 5.74) is 7.30. The molecule has 1 heterocycles. The van der Waals surface area contributed by atoms with Crippen molar-refractivity contribution < 1.29 is 17.9 Å². The predicted octanol–water partition coefficient (Wildman–Crippen LogP) is 3.21. The Morgan fingerprint density at radius 3 is 2.63 bits per heavy atom. The summed E-state index contributed by atoms with van der Waals surface area (Å²) < 4.78 is 41.2. The average Bonchev–Trinajstić information content (AvgIpc) is 2.34. The molecular formula is C13H19F3N2O. The van der Waals surface area contributed by atoms with Gasteiger partial charge in [-0.2, -0.15) is 13.2 Å². The van der Waals surface area contributed by atoms with Gasteiger partial charge in [0.05, 0.1) is 6.61 Å².